The van der Waals surface area contributed by atoms with Gasteiger partial charge in [-0.15, -0.1) is 0 Å². The molecule has 1 fully saturated rings. The van der Waals surface area contributed by atoms with Crippen molar-refractivity contribution in [2.24, 2.45) is 17.8 Å². The molecule has 0 aromatic heterocycles. The summed E-state index contributed by atoms with van der Waals surface area (Å²) in [7, 11) is 0. The van der Waals surface area contributed by atoms with Gasteiger partial charge in [-0.1, -0.05) is 13.8 Å². The van der Waals surface area contributed by atoms with E-state index in [4.69, 9.17) is 0 Å². The molecule has 1 N–H and O–H groups in total. The van der Waals surface area contributed by atoms with Gasteiger partial charge in [0.15, 0.2) is 0 Å². The van der Waals surface area contributed by atoms with Crippen molar-refractivity contribution in [3.63, 3.8) is 0 Å². The summed E-state index contributed by atoms with van der Waals surface area (Å²) in [6.07, 6.45) is 2.73. The Balaban J connectivity index is 1.92. The summed E-state index contributed by atoms with van der Waals surface area (Å²) in [5.74, 6) is 0.713. The van der Waals surface area contributed by atoms with Crippen molar-refractivity contribution in [3.8, 4) is 0 Å². The molecule has 1 aliphatic carbocycles. The van der Waals surface area contributed by atoms with E-state index in [0.29, 0.717) is 28.6 Å². The van der Waals surface area contributed by atoms with Gasteiger partial charge in [0.05, 0.1) is 4.47 Å². The van der Waals surface area contributed by atoms with E-state index in [9.17, 15) is 8.78 Å². The summed E-state index contributed by atoms with van der Waals surface area (Å²) in [5.41, 5.74) is 0.234. The van der Waals surface area contributed by atoms with Crippen molar-refractivity contribution < 1.29 is 8.78 Å². The van der Waals surface area contributed by atoms with Gasteiger partial charge >= 0.3 is 0 Å². The van der Waals surface area contributed by atoms with Gasteiger partial charge in [0.25, 0.3) is 0 Å². The smallest absolute Gasteiger partial charge is 0.143 e. The zero-order valence-electron chi connectivity index (χ0n) is 12.1. The number of halogens is 3. The molecule has 1 aromatic rings. The van der Waals surface area contributed by atoms with Gasteiger partial charge in [0, 0.05) is 5.56 Å². The third-order valence-corrected chi connectivity index (χ3v) is 4.75. The van der Waals surface area contributed by atoms with E-state index in [-0.39, 0.29) is 5.56 Å². The van der Waals surface area contributed by atoms with E-state index in [2.05, 4.69) is 35.1 Å². The maximum atomic E-state index is 14.0. The van der Waals surface area contributed by atoms with Gasteiger partial charge < -0.3 is 5.32 Å². The molecule has 4 heteroatoms. The van der Waals surface area contributed by atoms with Crippen LogP contribution in [0.3, 0.4) is 0 Å². The maximum absolute atomic E-state index is 14.0. The topological polar surface area (TPSA) is 12.0 Å². The molecule has 1 nitrogen and oxygen atoms in total. The Morgan fingerprint density at radius 1 is 1.25 bits per heavy atom. The highest BCUT2D eigenvalue weighted by atomic mass is 79.9. The summed E-state index contributed by atoms with van der Waals surface area (Å²) < 4.78 is 28.1. The molecule has 112 valence electrons. The molecule has 2 atom stereocenters. The first-order chi connectivity index (χ1) is 9.49. The van der Waals surface area contributed by atoms with Crippen LogP contribution in [-0.2, 0) is 6.42 Å². The summed E-state index contributed by atoms with van der Waals surface area (Å²) in [4.78, 5) is 0. The molecule has 1 aromatic carbocycles. The highest BCUT2D eigenvalue weighted by molar-refractivity contribution is 9.10. The highest BCUT2D eigenvalue weighted by Gasteiger charge is 2.32. The van der Waals surface area contributed by atoms with Gasteiger partial charge in [-0.25, -0.2) is 8.78 Å². The number of benzene rings is 1. The highest BCUT2D eigenvalue weighted by Crippen LogP contribution is 2.38. The number of rotatable bonds is 6. The third-order valence-electron chi connectivity index (χ3n) is 4.14. The maximum Gasteiger partial charge on any atom is 0.143 e. The van der Waals surface area contributed by atoms with Crippen LogP contribution in [0.4, 0.5) is 8.78 Å². The summed E-state index contributed by atoms with van der Waals surface area (Å²) in [6, 6.07) is 2.77. The van der Waals surface area contributed by atoms with Crippen molar-refractivity contribution in [2.75, 3.05) is 13.1 Å². The Morgan fingerprint density at radius 2 is 1.95 bits per heavy atom. The van der Waals surface area contributed by atoms with E-state index in [0.717, 1.165) is 25.9 Å². The Morgan fingerprint density at radius 3 is 2.55 bits per heavy atom. The molecular formula is C16H22BrF2N. The van der Waals surface area contributed by atoms with Crippen molar-refractivity contribution in [1.82, 2.24) is 5.32 Å². The predicted molar refractivity (Wildman–Crippen MR) is 81.7 cm³/mol. The average Bonchev–Trinajstić information content (AvgIpc) is 2.37. The van der Waals surface area contributed by atoms with Crippen LogP contribution < -0.4 is 5.32 Å². The zero-order valence-corrected chi connectivity index (χ0v) is 13.6. The van der Waals surface area contributed by atoms with E-state index in [1.807, 2.05) is 0 Å². The van der Waals surface area contributed by atoms with Crippen LogP contribution in [0.5, 0.6) is 0 Å². The van der Waals surface area contributed by atoms with Crippen LogP contribution in [0, 0.1) is 29.4 Å². The number of nitrogens with one attached hydrogen (secondary N) is 1. The lowest BCUT2D eigenvalue weighted by atomic mass is 9.70. The molecule has 0 spiro atoms. The summed E-state index contributed by atoms with van der Waals surface area (Å²) in [6.45, 7) is 6.32. The molecule has 0 amide bonds. The lowest BCUT2D eigenvalue weighted by Crippen LogP contribution is -2.37. The molecule has 0 saturated heterocycles. The molecule has 0 bridgehead atoms. The standard InChI is InChI=1S/C16H22BrF2N/c1-10(2)8-20-9-12-4-3-11(12)7-13-15(18)6-5-14(17)16(13)19/h5-6,10-12,20H,3-4,7-9H2,1-2H3. The van der Waals surface area contributed by atoms with E-state index >= 15 is 0 Å². The minimum absolute atomic E-state index is 0.234. The van der Waals surface area contributed by atoms with Gasteiger partial charge in [-0.2, -0.15) is 0 Å². The van der Waals surface area contributed by atoms with Crippen molar-refractivity contribution >= 4 is 15.9 Å². The summed E-state index contributed by atoms with van der Waals surface area (Å²) in [5, 5.41) is 3.45. The van der Waals surface area contributed by atoms with Crippen LogP contribution in [0.2, 0.25) is 0 Å². The van der Waals surface area contributed by atoms with Crippen molar-refractivity contribution in [1.29, 1.82) is 0 Å². The molecule has 2 unspecified atom stereocenters. The van der Waals surface area contributed by atoms with Gasteiger partial charge in [0.1, 0.15) is 11.6 Å². The minimum Gasteiger partial charge on any atom is -0.316 e. The molecule has 1 saturated carbocycles. The molecule has 0 radical (unpaired) electrons. The lowest BCUT2D eigenvalue weighted by molar-refractivity contribution is 0.167. The number of hydrogen-bond acceptors (Lipinski definition) is 1. The second-order valence-electron chi connectivity index (χ2n) is 6.18. The number of hydrogen-bond donors (Lipinski definition) is 1. The van der Waals surface area contributed by atoms with Crippen LogP contribution in [0.25, 0.3) is 0 Å². The molecule has 0 heterocycles. The minimum atomic E-state index is -0.439. The first-order valence-corrected chi connectivity index (χ1v) is 8.11. The van der Waals surface area contributed by atoms with Crippen LogP contribution in [0.1, 0.15) is 32.3 Å². The quantitative estimate of drug-likeness (QED) is 0.746. The monoisotopic (exact) mass is 345 g/mol. The summed E-state index contributed by atoms with van der Waals surface area (Å²) >= 11 is 3.13. The molecule has 2 rings (SSSR count). The van der Waals surface area contributed by atoms with E-state index < -0.39 is 11.6 Å². The second kappa shape index (κ2) is 6.99. The fourth-order valence-electron chi connectivity index (χ4n) is 2.75. The largest absolute Gasteiger partial charge is 0.316 e. The molecule has 1 aliphatic rings. The predicted octanol–water partition coefficient (Wildman–Crippen LogP) is 4.54. The first kappa shape index (κ1) is 15.9. The van der Waals surface area contributed by atoms with Gasteiger partial charge in [-0.05, 0) is 78.2 Å². The Labute approximate surface area is 128 Å². The Hall–Kier alpha value is -0.480. The molecule has 0 aliphatic heterocycles. The molecule has 20 heavy (non-hydrogen) atoms. The Kier molecular flexibility index (Phi) is 5.56. The zero-order chi connectivity index (χ0) is 14.7. The van der Waals surface area contributed by atoms with Gasteiger partial charge in [-0.3, -0.25) is 0 Å². The van der Waals surface area contributed by atoms with Crippen LogP contribution >= 0.6 is 15.9 Å². The van der Waals surface area contributed by atoms with E-state index in [1.54, 1.807) is 0 Å². The third kappa shape index (κ3) is 3.79. The van der Waals surface area contributed by atoms with Crippen molar-refractivity contribution in [2.45, 2.75) is 33.1 Å². The normalized spacial score (nSPS) is 22.1. The lowest BCUT2D eigenvalue weighted by Gasteiger charge is -2.37. The fraction of sp³-hybridized carbons (Fsp3) is 0.625. The van der Waals surface area contributed by atoms with Crippen LogP contribution in [-0.4, -0.2) is 13.1 Å². The van der Waals surface area contributed by atoms with Gasteiger partial charge in [0.2, 0.25) is 0 Å². The second-order valence-corrected chi connectivity index (χ2v) is 7.03. The average molecular weight is 346 g/mol. The SMILES string of the molecule is CC(C)CNCC1CCC1Cc1c(F)ccc(Br)c1F. The molecular weight excluding hydrogens is 324 g/mol. The van der Waals surface area contributed by atoms with E-state index in [1.165, 1.54) is 12.1 Å². The first-order valence-electron chi connectivity index (χ1n) is 7.32. The van der Waals surface area contributed by atoms with Crippen LogP contribution in [0.15, 0.2) is 16.6 Å². The van der Waals surface area contributed by atoms with Crippen molar-refractivity contribution in [3.05, 3.63) is 33.8 Å². The Bertz CT molecular complexity index is 462. The fourth-order valence-corrected chi connectivity index (χ4v) is 3.12.